The van der Waals surface area contributed by atoms with E-state index in [4.69, 9.17) is 5.26 Å². The predicted octanol–water partition coefficient (Wildman–Crippen LogP) is 2.70. The van der Waals surface area contributed by atoms with Crippen molar-refractivity contribution < 1.29 is 0 Å². The normalized spacial score (nSPS) is 15.6. The van der Waals surface area contributed by atoms with Gasteiger partial charge in [0.15, 0.2) is 0 Å². The third-order valence-corrected chi connectivity index (χ3v) is 3.57. The predicted molar refractivity (Wildman–Crippen MR) is 70.2 cm³/mol. The molecule has 0 radical (unpaired) electrons. The Morgan fingerprint density at radius 1 is 1.39 bits per heavy atom. The van der Waals surface area contributed by atoms with Gasteiger partial charge in [0.05, 0.1) is 11.5 Å². The Morgan fingerprint density at radius 3 is 2.72 bits per heavy atom. The lowest BCUT2D eigenvalue weighted by molar-refractivity contribution is 0.415. The first-order valence-electron chi connectivity index (χ1n) is 6.72. The van der Waals surface area contributed by atoms with Crippen LogP contribution in [-0.4, -0.2) is 9.13 Å². The Labute approximate surface area is 108 Å². The third-order valence-electron chi connectivity index (χ3n) is 3.57. The van der Waals surface area contributed by atoms with Crippen LogP contribution in [0.15, 0.2) is 17.2 Å². The van der Waals surface area contributed by atoms with Gasteiger partial charge in [-0.3, -0.25) is 9.13 Å². The van der Waals surface area contributed by atoms with Gasteiger partial charge < -0.3 is 0 Å². The first kappa shape index (κ1) is 12.9. The zero-order chi connectivity index (χ0) is 13.2. The summed E-state index contributed by atoms with van der Waals surface area (Å²) in [5.41, 5.74) is -0.123. The summed E-state index contributed by atoms with van der Waals surface area (Å²) in [6.07, 6.45) is 8.90. The van der Waals surface area contributed by atoms with E-state index in [0.29, 0.717) is 6.04 Å². The molecular weight excluding hydrogens is 226 g/mol. The highest BCUT2D eigenvalue weighted by atomic mass is 16.1. The van der Waals surface area contributed by atoms with Crippen molar-refractivity contribution in [3.63, 3.8) is 0 Å². The van der Waals surface area contributed by atoms with Gasteiger partial charge in [-0.15, -0.1) is 0 Å². The number of imidazole rings is 1. The van der Waals surface area contributed by atoms with E-state index in [2.05, 4.69) is 6.07 Å². The van der Waals surface area contributed by atoms with E-state index in [-0.39, 0.29) is 11.1 Å². The molecule has 1 aromatic rings. The van der Waals surface area contributed by atoms with E-state index in [1.165, 1.54) is 0 Å². The van der Waals surface area contributed by atoms with Gasteiger partial charge in [-0.2, -0.15) is 5.26 Å². The molecule has 1 saturated carbocycles. The van der Waals surface area contributed by atoms with E-state index in [9.17, 15) is 4.79 Å². The summed E-state index contributed by atoms with van der Waals surface area (Å²) in [6, 6.07) is 2.76. The van der Waals surface area contributed by atoms with Crippen molar-refractivity contribution in [3.8, 4) is 6.07 Å². The molecule has 0 spiro atoms. The van der Waals surface area contributed by atoms with Crippen molar-refractivity contribution in [3.05, 3.63) is 22.9 Å². The highest BCUT2D eigenvalue weighted by Gasteiger charge is 2.25. The highest BCUT2D eigenvalue weighted by molar-refractivity contribution is 4.92. The second-order valence-corrected chi connectivity index (χ2v) is 5.87. The lowest BCUT2D eigenvalue weighted by Gasteiger charge is -2.14. The molecule has 0 aliphatic heterocycles. The molecule has 0 N–H and O–H groups in total. The lowest BCUT2D eigenvalue weighted by atomic mass is 9.89. The molecule has 18 heavy (non-hydrogen) atoms. The van der Waals surface area contributed by atoms with Gasteiger partial charge in [-0.25, -0.2) is 4.79 Å². The zero-order valence-electron chi connectivity index (χ0n) is 11.2. The van der Waals surface area contributed by atoms with Crippen LogP contribution < -0.4 is 5.69 Å². The standard InChI is InChI=1S/C14H21N3O/c1-14(2,11-15)7-3-4-8-16-9-10-17(13(16)18)12-5-6-12/h9-10,12H,3-8H2,1-2H3. The smallest absolute Gasteiger partial charge is 0.299 e. The van der Waals surface area contributed by atoms with Crippen molar-refractivity contribution >= 4 is 0 Å². The van der Waals surface area contributed by atoms with Crippen LogP contribution in [0.5, 0.6) is 0 Å². The van der Waals surface area contributed by atoms with Crippen LogP contribution in [0.25, 0.3) is 0 Å². The lowest BCUT2D eigenvalue weighted by Crippen LogP contribution is -2.23. The summed E-state index contributed by atoms with van der Waals surface area (Å²) in [5.74, 6) is 0. The number of aromatic nitrogens is 2. The SMILES string of the molecule is CC(C)(C#N)CCCCn1ccn(C2CC2)c1=O. The Kier molecular flexibility index (Phi) is 3.60. The first-order chi connectivity index (χ1) is 8.53. The fourth-order valence-corrected chi connectivity index (χ4v) is 2.13. The molecule has 1 aromatic heterocycles. The summed E-state index contributed by atoms with van der Waals surface area (Å²) in [4.78, 5) is 12.0. The molecule has 0 aromatic carbocycles. The number of rotatable bonds is 6. The van der Waals surface area contributed by atoms with Crippen LogP contribution in [0.2, 0.25) is 0 Å². The zero-order valence-corrected chi connectivity index (χ0v) is 11.2. The van der Waals surface area contributed by atoms with Crippen LogP contribution in [0.1, 0.15) is 52.0 Å². The second-order valence-electron chi connectivity index (χ2n) is 5.87. The first-order valence-corrected chi connectivity index (χ1v) is 6.72. The molecule has 0 bridgehead atoms. The molecule has 2 rings (SSSR count). The van der Waals surface area contributed by atoms with Gasteiger partial charge >= 0.3 is 5.69 Å². The van der Waals surface area contributed by atoms with Gasteiger partial charge in [-0.1, -0.05) is 6.42 Å². The topological polar surface area (TPSA) is 50.7 Å². The monoisotopic (exact) mass is 247 g/mol. The molecule has 1 aliphatic rings. The largest absolute Gasteiger partial charge is 0.328 e. The number of hydrogen-bond donors (Lipinski definition) is 0. The highest BCUT2D eigenvalue weighted by Crippen LogP contribution is 2.33. The van der Waals surface area contributed by atoms with Crippen molar-refractivity contribution in [2.75, 3.05) is 0 Å². The van der Waals surface area contributed by atoms with Crippen molar-refractivity contribution in [2.45, 2.75) is 58.5 Å². The summed E-state index contributed by atoms with van der Waals surface area (Å²) in [5, 5.41) is 8.92. The molecule has 0 saturated heterocycles. The van der Waals surface area contributed by atoms with E-state index in [0.717, 1.165) is 38.6 Å². The maximum Gasteiger partial charge on any atom is 0.328 e. The van der Waals surface area contributed by atoms with Gasteiger partial charge in [-0.05, 0) is 39.5 Å². The molecule has 0 atom stereocenters. The third kappa shape index (κ3) is 3.04. The van der Waals surface area contributed by atoms with E-state index in [1.54, 1.807) is 4.57 Å². The van der Waals surface area contributed by atoms with Crippen molar-refractivity contribution in [1.82, 2.24) is 9.13 Å². The summed E-state index contributed by atoms with van der Waals surface area (Å²) < 4.78 is 3.64. The van der Waals surface area contributed by atoms with Crippen LogP contribution in [-0.2, 0) is 6.54 Å². The number of nitriles is 1. The Bertz CT molecular complexity index is 500. The van der Waals surface area contributed by atoms with Gasteiger partial charge in [0.1, 0.15) is 0 Å². The van der Waals surface area contributed by atoms with E-state index < -0.39 is 0 Å². The van der Waals surface area contributed by atoms with Gasteiger partial charge in [0, 0.05) is 25.0 Å². The minimum Gasteiger partial charge on any atom is -0.299 e. The molecule has 0 amide bonds. The van der Waals surface area contributed by atoms with E-state index in [1.807, 2.05) is 30.8 Å². The molecule has 4 nitrogen and oxygen atoms in total. The van der Waals surface area contributed by atoms with Gasteiger partial charge in [0.2, 0.25) is 0 Å². The molecule has 4 heteroatoms. The fourth-order valence-electron chi connectivity index (χ4n) is 2.13. The van der Waals surface area contributed by atoms with Crippen molar-refractivity contribution in [2.24, 2.45) is 5.41 Å². The van der Waals surface area contributed by atoms with E-state index >= 15 is 0 Å². The minimum absolute atomic E-state index is 0.122. The summed E-state index contributed by atoms with van der Waals surface area (Å²) in [6.45, 7) is 4.69. The molecule has 0 unspecified atom stereocenters. The average molecular weight is 247 g/mol. The maximum absolute atomic E-state index is 12.0. The van der Waals surface area contributed by atoms with Crippen LogP contribution in [0, 0.1) is 16.7 Å². The summed E-state index contributed by atoms with van der Waals surface area (Å²) in [7, 11) is 0. The number of unbranched alkanes of at least 4 members (excludes halogenated alkanes) is 1. The molecule has 1 fully saturated rings. The number of nitrogens with zero attached hydrogens (tertiary/aromatic N) is 3. The Morgan fingerprint density at radius 2 is 2.11 bits per heavy atom. The van der Waals surface area contributed by atoms with Crippen LogP contribution in [0.4, 0.5) is 0 Å². The second kappa shape index (κ2) is 5.01. The number of hydrogen-bond acceptors (Lipinski definition) is 2. The molecule has 1 aliphatic carbocycles. The van der Waals surface area contributed by atoms with Gasteiger partial charge in [0.25, 0.3) is 0 Å². The maximum atomic E-state index is 12.0. The molecule has 98 valence electrons. The summed E-state index contributed by atoms with van der Waals surface area (Å²) >= 11 is 0. The number of aryl methyl sites for hydroxylation is 1. The fraction of sp³-hybridized carbons (Fsp3) is 0.714. The molecular formula is C14H21N3O. The van der Waals surface area contributed by atoms with Crippen molar-refractivity contribution in [1.29, 1.82) is 5.26 Å². The average Bonchev–Trinajstić information content (AvgIpc) is 3.11. The minimum atomic E-state index is -0.245. The van der Waals surface area contributed by atoms with Crippen LogP contribution in [0.3, 0.4) is 0 Å². The Hall–Kier alpha value is -1.50. The quantitative estimate of drug-likeness (QED) is 0.726. The molecule has 1 heterocycles. The Balaban J connectivity index is 1.81. The van der Waals surface area contributed by atoms with Crippen LogP contribution >= 0.6 is 0 Å².